The van der Waals surface area contributed by atoms with Crippen LogP contribution in [0.15, 0.2) is 42.5 Å². The van der Waals surface area contributed by atoms with Crippen molar-refractivity contribution in [2.24, 2.45) is 0 Å². The molecule has 0 unspecified atom stereocenters. The molecule has 0 radical (unpaired) electrons. The summed E-state index contributed by atoms with van der Waals surface area (Å²) in [5.74, 6) is 0.783. The Morgan fingerprint density at radius 2 is 1.80 bits per heavy atom. The van der Waals surface area contributed by atoms with Gasteiger partial charge in [0.15, 0.2) is 0 Å². The largest absolute Gasteiger partial charge is 0.497 e. The highest BCUT2D eigenvalue weighted by atomic mass is 16.5. The number of aryl methyl sites for hydroxylation is 2. The summed E-state index contributed by atoms with van der Waals surface area (Å²) in [4.78, 5) is 12.0. The van der Waals surface area contributed by atoms with Crippen molar-refractivity contribution < 1.29 is 9.53 Å². The zero-order valence-electron chi connectivity index (χ0n) is 12.1. The molecule has 1 amide bonds. The lowest BCUT2D eigenvalue weighted by molar-refractivity contribution is -0.115. The molecular formula is C17H19NO2. The number of rotatable bonds is 4. The molecule has 0 saturated heterocycles. The normalized spacial score (nSPS) is 10.2. The van der Waals surface area contributed by atoms with E-state index in [1.54, 1.807) is 7.11 Å². The van der Waals surface area contributed by atoms with E-state index in [0.717, 1.165) is 22.6 Å². The van der Waals surface area contributed by atoms with Crippen LogP contribution in [-0.4, -0.2) is 13.0 Å². The topological polar surface area (TPSA) is 38.3 Å². The number of hydrogen-bond acceptors (Lipinski definition) is 2. The average Bonchev–Trinajstić information content (AvgIpc) is 2.43. The Kier molecular flexibility index (Phi) is 4.41. The first-order valence-electron chi connectivity index (χ1n) is 6.58. The van der Waals surface area contributed by atoms with Crippen LogP contribution in [0.25, 0.3) is 0 Å². The van der Waals surface area contributed by atoms with E-state index in [0.29, 0.717) is 6.42 Å². The van der Waals surface area contributed by atoms with Crippen molar-refractivity contribution in [3.63, 3.8) is 0 Å². The highest BCUT2D eigenvalue weighted by molar-refractivity contribution is 5.93. The second kappa shape index (κ2) is 6.24. The number of carbonyl (C=O) groups excluding carboxylic acids is 1. The van der Waals surface area contributed by atoms with Gasteiger partial charge in [0, 0.05) is 5.69 Å². The van der Waals surface area contributed by atoms with Gasteiger partial charge in [0.1, 0.15) is 5.75 Å². The van der Waals surface area contributed by atoms with Crippen LogP contribution >= 0.6 is 0 Å². The molecule has 0 aliphatic heterocycles. The maximum absolute atomic E-state index is 12.0. The van der Waals surface area contributed by atoms with Crippen LogP contribution in [0.5, 0.6) is 5.75 Å². The van der Waals surface area contributed by atoms with Crippen molar-refractivity contribution in [3.05, 3.63) is 59.2 Å². The van der Waals surface area contributed by atoms with E-state index < -0.39 is 0 Å². The third-order valence-corrected chi connectivity index (χ3v) is 3.18. The van der Waals surface area contributed by atoms with Gasteiger partial charge in [-0.25, -0.2) is 0 Å². The first-order chi connectivity index (χ1) is 9.58. The van der Waals surface area contributed by atoms with Gasteiger partial charge in [-0.05, 0) is 43.2 Å². The first-order valence-corrected chi connectivity index (χ1v) is 6.58. The molecule has 2 rings (SSSR count). The second-order valence-electron chi connectivity index (χ2n) is 4.89. The van der Waals surface area contributed by atoms with Crippen molar-refractivity contribution >= 4 is 11.6 Å². The van der Waals surface area contributed by atoms with Crippen LogP contribution < -0.4 is 10.1 Å². The Labute approximate surface area is 119 Å². The smallest absolute Gasteiger partial charge is 0.228 e. The molecule has 2 aromatic carbocycles. The van der Waals surface area contributed by atoms with E-state index in [4.69, 9.17) is 4.74 Å². The molecular weight excluding hydrogens is 250 g/mol. The molecule has 20 heavy (non-hydrogen) atoms. The molecule has 0 atom stereocenters. The third-order valence-electron chi connectivity index (χ3n) is 3.18. The number of amides is 1. The van der Waals surface area contributed by atoms with Crippen LogP contribution in [0, 0.1) is 13.8 Å². The van der Waals surface area contributed by atoms with E-state index in [9.17, 15) is 4.79 Å². The van der Waals surface area contributed by atoms with Gasteiger partial charge in [-0.15, -0.1) is 0 Å². The predicted molar refractivity (Wildman–Crippen MR) is 81.2 cm³/mol. The van der Waals surface area contributed by atoms with Crippen LogP contribution in [-0.2, 0) is 11.2 Å². The summed E-state index contributed by atoms with van der Waals surface area (Å²) in [5, 5.41) is 2.94. The zero-order valence-corrected chi connectivity index (χ0v) is 12.1. The molecule has 0 bridgehead atoms. The average molecular weight is 269 g/mol. The fraction of sp³-hybridized carbons (Fsp3) is 0.235. The van der Waals surface area contributed by atoms with Crippen molar-refractivity contribution in [2.45, 2.75) is 20.3 Å². The lowest BCUT2D eigenvalue weighted by Crippen LogP contribution is -2.15. The number of anilines is 1. The molecule has 3 nitrogen and oxygen atoms in total. The van der Waals surface area contributed by atoms with Gasteiger partial charge in [0.25, 0.3) is 0 Å². The highest BCUT2D eigenvalue weighted by Gasteiger charge is 2.06. The Morgan fingerprint density at radius 1 is 1.10 bits per heavy atom. The molecule has 1 N–H and O–H groups in total. The molecule has 0 aliphatic carbocycles. The number of nitrogens with one attached hydrogen (secondary N) is 1. The van der Waals surface area contributed by atoms with Crippen LogP contribution in [0.1, 0.15) is 16.7 Å². The summed E-state index contributed by atoms with van der Waals surface area (Å²) in [6.45, 7) is 4.03. The number of methoxy groups -OCH3 is 1. The van der Waals surface area contributed by atoms with Crippen molar-refractivity contribution in [3.8, 4) is 5.75 Å². The molecule has 104 valence electrons. The van der Waals surface area contributed by atoms with Gasteiger partial charge in [-0.1, -0.05) is 29.8 Å². The maximum Gasteiger partial charge on any atom is 0.228 e. The van der Waals surface area contributed by atoms with E-state index in [2.05, 4.69) is 11.4 Å². The van der Waals surface area contributed by atoms with E-state index in [1.807, 2.05) is 50.2 Å². The number of hydrogen-bond donors (Lipinski definition) is 1. The monoisotopic (exact) mass is 269 g/mol. The van der Waals surface area contributed by atoms with Gasteiger partial charge in [-0.3, -0.25) is 4.79 Å². The van der Waals surface area contributed by atoms with Gasteiger partial charge in [0.2, 0.25) is 5.91 Å². The molecule has 3 heteroatoms. The molecule has 0 aromatic heterocycles. The summed E-state index contributed by atoms with van der Waals surface area (Å²) < 4.78 is 5.10. The highest BCUT2D eigenvalue weighted by Crippen LogP contribution is 2.17. The minimum absolute atomic E-state index is 0.0119. The predicted octanol–water partition coefficient (Wildman–Crippen LogP) is 3.49. The quantitative estimate of drug-likeness (QED) is 0.922. The summed E-state index contributed by atoms with van der Waals surface area (Å²) in [6.07, 6.45) is 0.358. The molecule has 0 spiro atoms. The Hall–Kier alpha value is -2.29. The summed E-state index contributed by atoms with van der Waals surface area (Å²) in [7, 11) is 1.63. The number of ether oxygens (including phenoxy) is 1. The van der Waals surface area contributed by atoms with Gasteiger partial charge in [0.05, 0.1) is 13.5 Å². The SMILES string of the molecule is COc1ccc(CC(=O)Nc2ccc(C)cc2C)cc1. The van der Waals surface area contributed by atoms with Crippen molar-refractivity contribution in [2.75, 3.05) is 12.4 Å². The summed E-state index contributed by atoms with van der Waals surface area (Å²) in [5.41, 5.74) is 4.10. The fourth-order valence-corrected chi connectivity index (χ4v) is 2.08. The summed E-state index contributed by atoms with van der Waals surface area (Å²) >= 11 is 0. The van der Waals surface area contributed by atoms with Crippen LogP contribution in [0.4, 0.5) is 5.69 Å². The Bertz CT molecular complexity index is 603. The second-order valence-corrected chi connectivity index (χ2v) is 4.89. The molecule has 0 fully saturated rings. The van der Waals surface area contributed by atoms with Gasteiger partial charge >= 0.3 is 0 Å². The maximum atomic E-state index is 12.0. The zero-order chi connectivity index (χ0) is 14.5. The van der Waals surface area contributed by atoms with E-state index in [-0.39, 0.29) is 5.91 Å². The number of carbonyl (C=O) groups is 1. The minimum Gasteiger partial charge on any atom is -0.497 e. The van der Waals surface area contributed by atoms with Crippen molar-refractivity contribution in [1.29, 1.82) is 0 Å². The first kappa shape index (κ1) is 14.1. The Balaban J connectivity index is 2.01. The van der Waals surface area contributed by atoms with Crippen molar-refractivity contribution in [1.82, 2.24) is 0 Å². The standard InChI is InChI=1S/C17H19NO2/c1-12-4-9-16(13(2)10-12)18-17(19)11-14-5-7-15(20-3)8-6-14/h4-10H,11H2,1-3H3,(H,18,19). The molecule has 2 aromatic rings. The molecule has 0 heterocycles. The lowest BCUT2D eigenvalue weighted by Gasteiger charge is -2.09. The minimum atomic E-state index is -0.0119. The van der Waals surface area contributed by atoms with Gasteiger partial charge in [-0.2, -0.15) is 0 Å². The summed E-state index contributed by atoms with van der Waals surface area (Å²) in [6, 6.07) is 13.5. The van der Waals surface area contributed by atoms with E-state index in [1.165, 1.54) is 5.56 Å². The number of benzene rings is 2. The fourth-order valence-electron chi connectivity index (χ4n) is 2.08. The van der Waals surface area contributed by atoms with E-state index >= 15 is 0 Å². The van der Waals surface area contributed by atoms with Crippen LogP contribution in [0.3, 0.4) is 0 Å². The molecule has 0 aliphatic rings. The third kappa shape index (κ3) is 3.60. The Morgan fingerprint density at radius 3 is 2.40 bits per heavy atom. The lowest BCUT2D eigenvalue weighted by atomic mass is 10.1. The molecule has 0 saturated carbocycles. The van der Waals surface area contributed by atoms with Gasteiger partial charge < -0.3 is 10.1 Å². The van der Waals surface area contributed by atoms with Crippen LogP contribution in [0.2, 0.25) is 0 Å².